The molecule has 0 saturated carbocycles. The summed E-state index contributed by atoms with van der Waals surface area (Å²) in [6.07, 6.45) is 0. The molecule has 3 nitrogen and oxygen atoms in total. The maximum atomic E-state index is 6.29. The lowest BCUT2D eigenvalue weighted by atomic mass is 9.94. The van der Waals surface area contributed by atoms with Gasteiger partial charge in [-0.25, -0.2) is 4.98 Å². The first-order chi connectivity index (χ1) is 27.7. The topological polar surface area (TPSA) is 31.0 Å². The minimum absolute atomic E-state index is 0.879. The zero-order valence-corrected chi connectivity index (χ0v) is 30.4. The van der Waals surface area contributed by atoms with E-state index in [-0.39, 0.29) is 0 Å². The first-order valence-corrected chi connectivity index (χ1v) is 19.0. The predicted octanol–water partition coefficient (Wildman–Crippen LogP) is 14.4. The van der Waals surface area contributed by atoms with Crippen molar-refractivity contribution in [2.24, 2.45) is 0 Å². The van der Waals surface area contributed by atoms with Crippen LogP contribution in [0, 0.1) is 0 Å². The van der Waals surface area contributed by atoms with Gasteiger partial charge >= 0.3 is 0 Å². The summed E-state index contributed by atoms with van der Waals surface area (Å²) in [5, 5.41) is 4.59. The van der Waals surface area contributed by atoms with Crippen LogP contribution < -0.4 is 0 Å². The molecule has 0 fully saturated rings. The molecule has 8 aromatic carbocycles. The SMILES string of the molecule is c1ccc(-c2cc(-c3ccccc3)nc(-c3ccc4c5ccc(-c6ccccc6-c6ccccc6)cc5n(-c5ccc6oc7ccccc7c6c5)c4c3)c2)cc1. The Morgan fingerprint density at radius 2 is 0.857 bits per heavy atom. The van der Waals surface area contributed by atoms with Crippen LogP contribution in [0.4, 0.5) is 0 Å². The van der Waals surface area contributed by atoms with Crippen LogP contribution in [0.15, 0.2) is 211 Å². The van der Waals surface area contributed by atoms with E-state index in [1.54, 1.807) is 0 Å². The van der Waals surface area contributed by atoms with E-state index < -0.39 is 0 Å². The second kappa shape index (κ2) is 13.1. The second-order valence-corrected chi connectivity index (χ2v) is 14.3. The third kappa shape index (κ3) is 5.40. The van der Waals surface area contributed by atoms with Crippen molar-refractivity contribution in [3.63, 3.8) is 0 Å². The lowest BCUT2D eigenvalue weighted by molar-refractivity contribution is 0.669. The van der Waals surface area contributed by atoms with Crippen LogP contribution in [0.25, 0.3) is 105 Å². The largest absolute Gasteiger partial charge is 0.456 e. The monoisotopic (exact) mass is 714 g/mol. The first kappa shape index (κ1) is 32.0. The summed E-state index contributed by atoms with van der Waals surface area (Å²) in [6, 6.07) is 73.4. The van der Waals surface area contributed by atoms with Gasteiger partial charge in [0, 0.05) is 38.4 Å². The Labute approximate surface area is 324 Å². The van der Waals surface area contributed by atoms with Crippen LogP contribution >= 0.6 is 0 Å². The van der Waals surface area contributed by atoms with Crippen LogP contribution in [-0.4, -0.2) is 9.55 Å². The van der Waals surface area contributed by atoms with E-state index in [0.717, 1.165) is 72.3 Å². The van der Waals surface area contributed by atoms with Gasteiger partial charge in [-0.1, -0.05) is 158 Å². The Bertz CT molecular complexity index is 3170. The fraction of sp³-hybridized carbons (Fsp3) is 0. The molecule has 0 saturated heterocycles. The van der Waals surface area contributed by atoms with E-state index in [9.17, 15) is 0 Å². The highest BCUT2D eigenvalue weighted by Crippen LogP contribution is 2.41. The highest BCUT2D eigenvalue weighted by Gasteiger charge is 2.18. The molecule has 0 spiro atoms. The van der Waals surface area contributed by atoms with Crippen LogP contribution in [0.3, 0.4) is 0 Å². The van der Waals surface area contributed by atoms with Gasteiger partial charge in [-0.15, -0.1) is 0 Å². The molecule has 3 aromatic heterocycles. The number of para-hydroxylation sites is 1. The van der Waals surface area contributed by atoms with Gasteiger partial charge in [0.05, 0.1) is 22.4 Å². The molecule has 0 N–H and O–H groups in total. The molecule has 262 valence electrons. The number of hydrogen-bond donors (Lipinski definition) is 0. The Morgan fingerprint density at radius 1 is 0.321 bits per heavy atom. The van der Waals surface area contributed by atoms with Gasteiger partial charge in [-0.05, 0) is 81.9 Å². The Hall–Kier alpha value is -7.49. The average Bonchev–Trinajstić information content (AvgIpc) is 3.81. The van der Waals surface area contributed by atoms with E-state index in [0.29, 0.717) is 0 Å². The van der Waals surface area contributed by atoms with Crippen molar-refractivity contribution in [3.8, 4) is 61.6 Å². The number of furan rings is 1. The normalized spacial score (nSPS) is 11.6. The fourth-order valence-electron chi connectivity index (χ4n) is 8.31. The van der Waals surface area contributed by atoms with Gasteiger partial charge in [0.1, 0.15) is 11.2 Å². The molecule has 3 heterocycles. The van der Waals surface area contributed by atoms with Crippen molar-refractivity contribution in [2.45, 2.75) is 0 Å². The summed E-state index contributed by atoms with van der Waals surface area (Å²) in [7, 11) is 0. The van der Waals surface area contributed by atoms with Crippen molar-refractivity contribution >= 4 is 43.7 Å². The van der Waals surface area contributed by atoms with Crippen molar-refractivity contribution in [1.82, 2.24) is 9.55 Å². The fourth-order valence-corrected chi connectivity index (χ4v) is 8.31. The number of fused-ring (bicyclic) bond motifs is 6. The van der Waals surface area contributed by atoms with Crippen LogP contribution in [-0.2, 0) is 0 Å². The zero-order valence-electron chi connectivity index (χ0n) is 30.4. The lowest BCUT2D eigenvalue weighted by Gasteiger charge is -2.13. The number of aromatic nitrogens is 2. The zero-order chi connectivity index (χ0) is 37.0. The van der Waals surface area contributed by atoms with Crippen molar-refractivity contribution in [2.75, 3.05) is 0 Å². The molecule has 0 atom stereocenters. The Morgan fingerprint density at radius 3 is 1.57 bits per heavy atom. The van der Waals surface area contributed by atoms with Gasteiger partial charge in [-0.3, -0.25) is 0 Å². The number of rotatable bonds is 6. The van der Waals surface area contributed by atoms with Crippen LogP contribution in [0.5, 0.6) is 0 Å². The molecule has 11 aromatic rings. The molecule has 0 aliphatic carbocycles. The first-order valence-electron chi connectivity index (χ1n) is 19.0. The number of pyridine rings is 1. The third-order valence-corrected chi connectivity index (χ3v) is 11.0. The van der Waals surface area contributed by atoms with Crippen molar-refractivity contribution in [1.29, 1.82) is 0 Å². The molecule has 0 unspecified atom stereocenters. The van der Waals surface area contributed by atoms with E-state index in [2.05, 4.69) is 193 Å². The van der Waals surface area contributed by atoms with Gasteiger partial charge < -0.3 is 8.98 Å². The summed E-state index contributed by atoms with van der Waals surface area (Å²) < 4.78 is 8.71. The third-order valence-electron chi connectivity index (χ3n) is 11.0. The maximum absolute atomic E-state index is 6.29. The molecular weight excluding hydrogens is 681 g/mol. The predicted molar refractivity (Wildman–Crippen MR) is 233 cm³/mol. The second-order valence-electron chi connectivity index (χ2n) is 14.3. The van der Waals surface area contributed by atoms with Gasteiger partial charge in [0.2, 0.25) is 0 Å². The molecule has 0 radical (unpaired) electrons. The molecule has 0 amide bonds. The molecule has 11 rings (SSSR count). The van der Waals surface area contributed by atoms with Gasteiger partial charge in [-0.2, -0.15) is 0 Å². The van der Waals surface area contributed by atoms with Crippen LogP contribution in [0.2, 0.25) is 0 Å². The molecule has 3 heteroatoms. The summed E-state index contributed by atoms with van der Waals surface area (Å²) >= 11 is 0. The summed E-state index contributed by atoms with van der Waals surface area (Å²) in [5.41, 5.74) is 16.2. The van der Waals surface area contributed by atoms with Gasteiger partial charge in [0.15, 0.2) is 0 Å². The number of nitrogens with zero attached hydrogens (tertiary/aromatic N) is 2. The lowest BCUT2D eigenvalue weighted by Crippen LogP contribution is -1.95. The summed E-state index contributed by atoms with van der Waals surface area (Å²) in [6.45, 7) is 0. The molecule has 0 aliphatic heterocycles. The van der Waals surface area contributed by atoms with Gasteiger partial charge in [0.25, 0.3) is 0 Å². The summed E-state index contributed by atoms with van der Waals surface area (Å²) in [4.78, 5) is 5.30. The molecule has 0 aliphatic rings. The number of hydrogen-bond acceptors (Lipinski definition) is 2. The van der Waals surface area contributed by atoms with Crippen molar-refractivity contribution < 1.29 is 4.42 Å². The maximum Gasteiger partial charge on any atom is 0.135 e. The minimum atomic E-state index is 0.879. The highest BCUT2D eigenvalue weighted by molar-refractivity contribution is 6.12. The smallest absolute Gasteiger partial charge is 0.135 e. The van der Waals surface area contributed by atoms with E-state index in [4.69, 9.17) is 9.40 Å². The van der Waals surface area contributed by atoms with E-state index in [1.807, 2.05) is 18.2 Å². The number of benzene rings is 8. The average molecular weight is 715 g/mol. The quantitative estimate of drug-likeness (QED) is 0.172. The van der Waals surface area contributed by atoms with Crippen molar-refractivity contribution in [3.05, 3.63) is 206 Å². The highest BCUT2D eigenvalue weighted by atomic mass is 16.3. The molecular formula is C53H34N2O. The minimum Gasteiger partial charge on any atom is -0.456 e. The van der Waals surface area contributed by atoms with E-state index in [1.165, 1.54) is 33.0 Å². The standard InChI is InChI=1S/C53H34N2O/c1-4-14-35(15-5-1)40-30-48(37-18-8-3-9-19-37)54-49(31-40)39-25-28-45-44-27-24-38(43-21-11-10-20-42(43)36-16-6-2-7-17-36)32-50(44)55(51(45)33-39)41-26-29-53-47(34-41)46-22-12-13-23-52(46)56-53/h1-34H. The summed E-state index contributed by atoms with van der Waals surface area (Å²) in [5.74, 6) is 0. The van der Waals surface area contributed by atoms with Crippen LogP contribution in [0.1, 0.15) is 0 Å². The molecule has 56 heavy (non-hydrogen) atoms. The Kier molecular flexibility index (Phi) is 7.49. The van der Waals surface area contributed by atoms with E-state index >= 15 is 0 Å². The Balaban J connectivity index is 1.17. The molecule has 0 bridgehead atoms.